The molecule has 1 rings (SSSR count). The molecular weight excluding hydrogens is 268 g/mol. The molecule has 0 aromatic rings. The number of alkyl carbamates (subject to hydrolysis) is 1. The molecule has 1 fully saturated rings. The highest BCUT2D eigenvalue weighted by atomic mass is 16.6. The van der Waals surface area contributed by atoms with Crippen LogP contribution in [-0.2, 0) is 9.53 Å². The third kappa shape index (κ3) is 7.16. The molecule has 5 nitrogen and oxygen atoms in total. The molecule has 0 bridgehead atoms. The molecule has 120 valence electrons. The first-order chi connectivity index (χ1) is 9.67. The third-order valence-corrected chi connectivity index (χ3v) is 3.20. The second-order valence-corrected chi connectivity index (χ2v) is 6.97. The van der Waals surface area contributed by atoms with E-state index >= 15 is 0 Å². The van der Waals surface area contributed by atoms with Crippen LogP contribution >= 0.6 is 0 Å². The summed E-state index contributed by atoms with van der Waals surface area (Å²) in [7, 11) is 0. The van der Waals surface area contributed by atoms with Crippen molar-refractivity contribution in [3.05, 3.63) is 12.2 Å². The van der Waals surface area contributed by atoms with Gasteiger partial charge in [-0.25, -0.2) is 4.79 Å². The van der Waals surface area contributed by atoms with Gasteiger partial charge in [0.05, 0.1) is 0 Å². The zero-order chi connectivity index (χ0) is 16.0. The zero-order valence-corrected chi connectivity index (χ0v) is 13.8. The Morgan fingerprint density at radius 3 is 2.33 bits per heavy atom. The minimum atomic E-state index is -0.510. The third-order valence-electron chi connectivity index (χ3n) is 3.20. The lowest BCUT2D eigenvalue weighted by Gasteiger charge is -2.34. The summed E-state index contributed by atoms with van der Waals surface area (Å²) in [4.78, 5) is 25.4. The van der Waals surface area contributed by atoms with E-state index in [1.54, 1.807) is 6.08 Å². The maximum absolute atomic E-state index is 12.1. The summed E-state index contributed by atoms with van der Waals surface area (Å²) in [5.41, 5.74) is -0.510. The Balaban J connectivity index is 2.33. The number of rotatable bonds is 3. The van der Waals surface area contributed by atoms with E-state index in [0.29, 0.717) is 18.4 Å². The van der Waals surface area contributed by atoms with Crippen LogP contribution in [-0.4, -0.2) is 42.1 Å². The van der Waals surface area contributed by atoms with Crippen molar-refractivity contribution in [1.82, 2.24) is 10.2 Å². The van der Waals surface area contributed by atoms with Gasteiger partial charge in [0.2, 0.25) is 5.91 Å². The van der Waals surface area contributed by atoms with Crippen molar-refractivity contribution in [2.75, 3.05) is 19.6 Å². The summed E-state index contributed by atoms with van der Waals surface area (Å²) in [6.07, 6.45) is 3.89. The predicted octanol–water partition coefficient (Wildman–Crippen LogP) is 2.57. The van der Waals surface area contributed by atoms with E-state index in [0.717, 1.165) is 13.1 Å². The fraction of sp³-hybridized carbons (Fsp3) is 0.750. The van der Waals surface area contributed by atoms with E-state index in [1.165, 1.54) is 12.5 Å². The molecule has 21 heavy (non-hydrogen) atoms. The van der Waals surface area contributed by atoms with E-state index in [1.807, 2.05) is 25.7 Å². The van der Waals surface area contributed by atoms with Gasteiger partial charge in [-0.2, -0.15) is 0 Å². The van der Waals surface area contributed by atoms with Gasteiger partial charge in [0.25, 0.3) is 0 Å². The summed E-state index contributed by atoms with van der Waals surface area (Å²) in [5, 5.41) is 2.60. The summed E-state index contributed by atoms with van der Waals surface area (Å²) >= 11 is 0. The van der Waals surface area contributed by atoms with Gasteiger partial charge >= 0.3 is 6.09 Å². The number of amides is 2. The van der Waals surface area contributed by atoms with Crippen LogP contribution in [0.1, 0.15) is 41.0 Å². The number of carbonyl (C=O) groups is 2. The molecule has 1 aliphatic rings. The van der Waals surface area contributed by atoms with Crippen molar-refractivity contribution in [3.63, 3.8) is 0 Å². The molecule has 0 spiro atoms. The number of hydrogen-bond donors (Lipinski definition) is 1. The smallest absolute Gasteiger partial charge is 0.407 e. The first-order valence-electron chi connectivity index (χ1n) is 7.59. The molecular formula is C16H28N2O3. The van der Waals surface area contributed by atoms with E-state index < -0.39 is 11.7 Å². The Kier molecular flexibility index (Phi) is 6.24. The van der Waals surface area contributed by atoms with Gasteiger partial charge in [-0.15, -0.1) is 0 Å². The summed E-state index contributed by atoms with van der Waals surface area (Å²) in [6.45, 7) is 11.7. The molecule has 1 aliphatic heterocycles. The average molecular weight is 296 g/mol. The van der Waals surface area contributed by atoms with Gasteiger partial charge in [0, 0.05) is 25.7 Å². The van der Waals surface area contributed by atoms with Crippen LogP contribution in [0.3, 0.4) is 0 Å². The number of ether oxygens (including phenoxy) is 1. The normalized spacial score (nSPS) is 23.2. The molecule has 0 aliphatic carbocycles. The summed E-state index contributed by atoms with van der Waals surface area (Å²) in [5.74, 6) is 1.11. The molecule has 5 heteroatoms. The lowest BCUT2D eigenvalue weighted by molar-refractivity contribution is -0.128. The van der Waals surface area contributed by atoms with Crippen LogP contribution in [0.25, 0.3) is 0 Å². The minimum Gasteiger partial charge on any atom is -0.444 e. The van der Waals surface area contributed by atoms with Crippen molar-refractivity contribution < 1.29 is 14.3 Å². The molecule has 2 amide bonds. The van der Waals surface area contributed by atoms with Crippen LogP contribution in [0, 0.1) is 11.8 Å². The molecule has 0 radical (unpaired) electrons. The van der Waals surface area contributed by atoms with Gasteiger partial charge in [-0.3, -0.25) is 4.79 Å². The largest absolute Gasteiger partial charge is 0.444 e. The molecule has 1 N–H and O–H groups in total. The molecule has 2 atom stereocenters. The Morgan fingerprint density at radius 2 is 1.81 bits per heavy atom. The molecule has 2 unspecified atom stereocenters. The highest BCUT2D eigenvalue weighted by Gasteiger charge is 2.23. The minimum absolute atomic E-state index is 0.0133. The monoisotopic (exact) mass is 296 g/mol. The fourth-order valence-electron chi connectivity index (χ4n) is 2.56. The van der Waals surface area contributed by atoms with Crippen molar-refractivity contribution in [2.45, 2.75) is 46.6 Å². The van der Waals surface area contributed by atoms with Crippen LogP contribution in [0.15, 0.2) is 12.2 Å². The van der Waals surface area contributed by atoms with Gasteiger partial charge in [0.15, 0.2) is 0 Å². The van der Waals surface area contributed by atoms with Crippen molar-refractivity contribution in [1.29, 1.82) is 0 Å². The zero-order valence-electron chi connectivity index (χ0n) is 13.8. The number of carbonyl (C=O) groups excluding carboxylic acids is 2. The Morgan fingerprint density at radius 1 is 1.24 bits per heavy atom. The van der Waals surface area contributed by atoms with Crippen molar-refractivity contribution >= 4 is 12.0 Å². The van der Waals surface area contributed by atoms with Crippen LogP contribution < -0.4 is 5.32 Å². The molecule has 0 saturated carbocycles. The highest BCUT2D eigenvalue weighted by Crippen LogP contribution is 2.20. The van der Waals surface area contributed by atoms with Gasteiger partial charge in [0.1, 0.15) is 5.60 Å². The van der Waals surface area contributed by atoms with Gasteiger partial charge in [-0.1, -0.05) is 19.9 Å². The lowest BCUT2D eigenvalue weighted by atomic mass is 9.92. The molecule has 0 aromatic carbocycles. The molecule has 1 heterocycles. The number of nitrogens with one attached hydrogen (secondary N) is 1. The molecule has 1 saturated heterocycles. The van der Waals surface area contributed by atoms with Gasteiger partial charge < -0.3 is 15.0 Å². The van der Waals surface area contributed by atoms with E-state index in [-0.39, 0.29) is 5.91 Å². The average Bonchev–Trinajstić information content (AvgIpc) is 2.31. The lowest BCUT2D eigenvalue weighted by Crippen LogP contribution is -2.41. The standard InChI is InChI=1S/C16H28N2O3/c1-12-9-13(2)11-18(10-12)14(19)7-6-8-17-15(20)21-16(3,4)5/h6-7,12-13H,8-11H2,1-5H3,(H,17,20)/b7-6+. The fourth-order valence-corrected chi connectivity index (χ4v) is 2.56. The Labute approximate surface area is 127 Å². The summed E-state index contributed by atoms with van der Waals surface area (Å²) in [6, 6.07) is 0. The Hall–Kier alpha value is -1.52. The second-order valence-electron chi connectivity index (χ2n) is 6.97. The van der Waals surface area contributed by atoms with Crippen LogP contribution in [0.4, 0.5) is 4.79 Å². The highest BCUT2D eigenvalue weighted by molar-refractivity contribution is 5.87. The number of likely N-dealkylation sites (tertiary alicyclic amines) is 1. The predicted molar refractivity (Wildman–Crippen MR) is 82.9 cm³/mol. The van der Waals surface area contributed by atoms with E-state index in [4.69, 9.17) is 4.74 Å². The molecule has 0 aromatic heterocycles. The summed E-state index contributed by atoms with van der Waals surface area (Å²) < 4.78 is 5.11. The quantitative estimate of drug-likeness (QED) is 0.814. The number of hydrogen-bond acceptors (Lipinski definition) is 3. The van der Waals surface area contributed by atoms with E-state index in [2.05, 4.69) is 19.2 Å². The number of nitrogens with zero attached hydrogens (tertiary/aromatic N) is 1. The topological polar surface area (TPSA) is 58.6 Å². The van der Waals surface area contributed by atoms with Crippen molar-refractivity contribution in [3.8, 4) is 0 Å². The second kappa shape index (κ2) is 7.48. The number of piperidine rings is 1. The van der Waals surface area contributed by atoms with Gasteiger partial charge in [-0.05, 0) is 39.0 Å². The van der Waals surface area contributed by atoms with Crippen LogP contribution in [0.2, 0.25) is 0 Å². The van der Waals surface area contributed by atoms with Crippen LogP contribution in [0.5, 0.6) is 0 Å². The Bertz CT molecular complexity index is 389. The van der Waals surface area contributed by atoms with E-state index in [9.17, 15) is 9.59 Å². The first-order valence-corrected chi connectivity index (χ1v) is 7.59. The maximum atomic E-state index is 12.1. The first kappa shape index (κ1) is 17.5. The SMILES string of the molecule is CC1CC(C)CN(C(=O)/C=C/CNC(=O)OC(C)(C)C)C1. The maximum Gasteiger partial charge on any atom is 0.407 e. The van der Waals surface area contributed by atoms with Crippen molar-refractivity contribution in [2.24, 2.45) is 11.8 Å².